The van der Waals surface area contributed by atoms with E-state index in [0.29, 0.717) is 0 Å². The fourth-order valence-electron chi connectivity index (χ4n) is 4.13. The number of hydrogen-bond donors (Lipinski definition) is 1. The summed E-state index contributed by atoms with van der Waals surface area (Å²) in [6.45, 7) is 0. The van der Waals surface area contributed by atoms with Gasteiger partial charge in [0.2, 0.25) is 0 Å². The molecule has 1 aliphatic rings. The third-order valence-electron chi connectivity index (χ3n) is 5.41. The molecule has 0 saturated carbocycles. The largest absolute Gasteiger partial charge is 0.456 e. The van der Waals surface area contributed by atoms with Crippen LogP contribution in [0.3, 0.4) is 0 Å². The fraction of sp³-hybridized carbons (Fsp3) is 0.0417. The molecular formula is C24H17N2OS+. The second kappa shape index (κ2) is 5.81. The van der Waals surface area contributed by atoms with Crippen molar-refractivity contribution in [3.63, 3.8) is 0 Å². The second-order valence-corrected chi connectivity index (χ2v) is 8.27. The standard InChI is InChI=1S/C24H16N2OS/c25-24-26-23-18-10-9-14(11-16(18)13-22(23)28-24)17-6-2-3-7-19(17)21-12-15-5-1-4-8-20(15)27-21/h1-12H,13H2,(H2,25,26)/p+1. The summed E-state index contributed by atoms with van der Waals surface area (Å²) in [5.41, 5.74) is 14.1. The highest BCUT2D eigenvalue weighted by Crippen LogP contribution is 2.41. The van der Waals surface area contributed by atoms with E-state index < -0.39 is 0 Å². The Morgan fingerprint density at radius 2 is 1.68 bits per heavy atom. The van der Waals surface area contributed by atoms with E-state index in [2.05, 4.69) is 59.6 Å². The van der Waals surface area contributed by atoms with E-state index >= 15 is 0 Å². The van der Waals surface area contributed by atoms with Crippen molar-refractivity contribution in [2.45, 2.75) is 6.42 Å². The number of para-hydroxylation sites is 1. The molecular weight excluding hydrogens is 364 g/mol. The van der Waals surface area contributed by atoms with E-state index in [9.17, 15) is 0 Å². The van der Waals surface area contributed by atoms with Gasteiger partial charge in [-0.25, -0.2) is 4.98 Å². The van der Waals surface area contributed by atoms with E-state index in [0.717, 1.165) is 33.8 Å². The number of benzene rings is 3. The number of rotatable bonds is 2. The summed E-state index contributed by atoms with van der Waals surface area (Å²) >= 11 is 1.64. The molecule has 3 N–H and O–H groups in total. The number of nitrogen functional groups attached to an aromatic ring is 1. The van der Waals surface area contributed by atoms with Crippen molar-refractivity contribution >= 4 is 27.4 Å². The van der Waals surface area contributed by atoms with Gasteiger partial charge in [-0.1, -0.05) is 65.9 Å². The van der Waals surface area contributed by atoms with Crippen LogP contribution >= 0.6 is 11.3 Å². The quantitative estimate of drug-likeness (QED) is 0.412. The summed E-state index contributed by atoms with van der Waals surface area (Å²) in [4.78, 5) is 4.62. The number of thiazole rings is 1. The van der Waals surface area contributed by atoms with Crippen molar-refractivity contribution in [2.75, 3.05) is 5.73 Å². The van der Waals surface area contributed by atoms with Gasteiger partial charge in [-0.05, 0) is 34.9 Å². The molecule has 0 bridgehead atoms. The van der Waals surface area contributed by atoms with Crippen LogP contribution in [0.1, 0.15) is 10.4 Å². The molecule has 0 spiro atoms. The number of aromatic nitrogens is 1. The van der Waals surface area contributed by atoms with Gasteiger partial charge in [-0.2, -0.15) is 0 Å². The Morgan fingerprint density at radius 1 is 0.857 bits per heavy atom. The molecule has 0 saturated heterocycles. The van der Waals surface area contributed by atoms with Gasteiger partial charge in [-0.3, -0.25) is 5.73 Å². The van der Waals surface area contributed by atoms with Gasteiger partial charge in [0.05, 0.1) is 4.88 Å². The molecule has 134 valence electrons. The lowest BCUT2D eigenvalue weighted by Gasteiger charge is -2.09. The minimum atomic E-state index is 0.773. The molecule has 3 aromatic carbocycles. The predicted molar refractivity (Wildman–Crippen MR) is 114 cm³/mol. The van der Waals surface area contributed by atoms with E-state index in [4.69, 9.17) is 10.2 Å². The van der Waals surface area contributed by atoms with Crippen molar-refractivity contribution < 1.29 is 9.40 Å². The number of aromatic amines is 1. The van der Waals surface area contributed by atoms with Crippen LogP contribution in [-0.4, -0.2) is 0 Å². The third-order valence-corrected chi connectivity index (χ3v) is 6.33. The summed E-state index contributed by atoms with van der Waals surface area (Å²) in [5, 5.41) is 1.90. The molecule has 0 aliphatic heterocycles. The fourth-order valence-corrected chi connectivity index (χ4v) is 5.04. The molecule has 0 radical (unpaired) electrons. The first-order valence-corrected chi connectivity index (χ1v) is 10.1. The van der Waals surface area contributed by atoms with Crippen molar-refractivity contribution in [2.24, 2.45) is 0 Å². The molecule has 0 unspecified atom stereocenters. The Labute approximate surface area is 166 Å². The van der Waals surface area contributed by atoms with Gasteiger partial charge >= 0.3 is 5.13 Å². The number of anilines is 1. The third kappa shape index (κ3) is 2.31. The van der Waals surface area contributed by atoms with Gasteiger partial charge < -0.3 is 4.42 Å². The van der Waals surface area contributed by atoms with Crippen LogP contribution in [0, 0.1) is 0 Å². The zero-order valence-electron chi connectivity index (χ0n) is 15.0. The van der Waals surface area contributed by atoms with Crippen LogP contribution < -0.4 is 10.7 Å². The Hall–Kier alpha value is -3.37. The highest BCUT2D eigenvalue weighted by molar-refractivity contribution is 7.15. The predicted octanol–water partition coefficient (Wildman–Crippen LogP) is 5.80. The Balaban J connectivity index is 1.48. The molecule has 6 rings (SSSR count). The second-order valence-electron chi connectivity index (χ2n) is 7.13. The number of furan rings is 1. The van der Waals surface area contributed by atoms with Crippen LogP contribution in [0.2, 0.25) is 0 Å². The lowest BCUT2D eigenvalue weighted by Crippen LogP contribution is -2.06. The first kappa shape index (κ1) is 15.7. The number of nitrogens with two attached hydrogens (primary N) is 1. The van der Waals surface area contributed by atoms with Gasteiger partial charge in [-0.15, -0.1) is 0 Å². The molecule has 5 aromatic rings. The van der Waals surface area contributed by atoms with Crippen LogP contribution in [0.5, 0.6) is 0 Å². The average molecular weight is 381 g/mol. The molecule has 0 atom stereocenters. The van der Waals surface area contributed by atoms with Crippen LogP contribution in [0.25, 0.3) is 44.7 Å². The van der Waals surface area contributed by atoms with E-state index in [1.54, 1.807) is 11.3 Å². The smallest absolute Gasteiger partial charge is 0.330 e. The molecule has 4 heteroatoms. The van der Waals surface area contributed by atoms with E-state index in [1.807, 2.05) is 18.2 Å². The molecule has 1 aliphatic carbocycles. The lowest BCUT2D eigenvalue weighted by molar-refractivity contribution is -0.340. The van der Waals surface area contributed by atoms with Crippen molar-refractivity contribution in [1.29, 1.82) is 0 Å². The minimum absolute atomic E-state index is 0.773. The number of nitrogens with one attached hydrogen (secondary N) is 1. The molecule has 0 fully saturated rings. The maximum Gasteiger partial charge on any atom is 0.330 e. The molecule has 2 aromatic heterocycles. The van der Waals surface area contributed by atoms with Crippen LogP contribution in [0.4, 0.5) is 5.13 Å². The maximum atomic E-state index is 6.14. The maximum absolute atomic E-state index is 6.14. The van der Waals surface area contributed by atoms with Gasteiger partial charge in [0, 0.05) is 22.9 Å². The van der Waals surface area contributed by atoms with Crippen molar-refractivity contribution in [3.05, 3.63) is 83.2 Å². The zero-order valence-corrected chi connectivity index (χ0v) is 15.8. The molecule has 2 heterocycles. The lowest BCUT2D eigenvalue weighted by atomic mass is 9.95. The van der Waals surface area contributed by atoms with E-state index in [1.165, 1.54) is 32.8 Å². The monoisotopic (exact) mass is 381 g/mol. The summed E-state index contributed by atoms with van der Waals surface area (Å²) in [6, 6.07) is 25.4. The molecule has 3 nitrogen and oxygen atoms in total. The SMILES string of the molecule is Nc1[nH+]c2c(s1)Cc1cc(-c3ccccc3-c3cc4ccccc4o3)ccc1-2. The normalized spacial score (nSPS) is 12.3. The van der Waals surface area contributed by atoms with E-state index in [-0.39, 0.29) is 0 Å². The Kier molecular flexibility index (Phi) is 3.25. The molecule has 0 amide bonds. The number of H-pyrrole nitrogens is 1. The van der Waals surface area contributed by atoms with Crippen molar-refractivity contribution in [1.82, 2.24) is 0 Å². The highest BCUT2D eigenvalue weighted by Gasteiger charge is 2.26. The summed E-state index contributed by atoms with van der Waals surface area (Å²) in [6.07, 6.45) is 0.934. The Morgan fingerprint density at radius 3 is 2.57 bits per heavy atom. The van der Waals surface area contributed by atoms with Gasteiger partial charge in [0.1, 0.15) is 17.0 Å². The summed E-state index contributed by atoms with van der Waals surface area (Å²) < 4.78 is 6.14. The molecule has 28 heavy (non-hydrogen) atoms. The highest BCUT2D eigenvalue weighted by atomic mass is 32.1. The minimum Gasteiger partial charge on any atom is -0.456 e. The topological polar surface area (TPSA) is 53.3 Å². The summed E-state index contributed by atoms with van der Waals surface area (Å²) in [7, 11) is 0. The average Bonchev–Trinajstić information content (AvgIpc) is 3.39. The first-order chi connectivity index (χ1) is 13.8. The Bertz CT molecular complexity index is 1330. The van der Waals surface area contributed by atoms with Crippen LogP contribution in [-0.2, 0) is 6.42 Å². The zero-order chi connectivity index (χ0) is 18.7. The number of fused-ring (bicyclic) bond motifs is 4. The summed E-state index contributed by atoms with van der Waals surface area (Å²) in [5.74, 6) is 0.900. The first-order valence-electron chi connectivity index (χ1n) is 9.28. The number of hydrogen-bond acceptors (Lipinski definition) is 3. The van der Waals surface area contributed by atoms with Crippen molar-refractivity contribution in [3.8, 4) is 33.7 Å². The van der Waals surface area contributed by atoms with Gasteiger partial charge in [0.25, 0.3) is 0 Å². The van der Waals surface area contributed by atoms with Crippen LogP contribution in [0.15, 0.2) is 77.2 Å². The van der Waals surface area contributed by atoms with Gasteiger partial charge in [0.15, 0.2) is 0 Å².